The second kappa shape index (κ2) is 5.65. The van der Waals surface area contributed by atoms with Gasteiger partial charge in [-0.15, -0.1) is 0 Å². The fourth-order valence-electron chi connectivity index (χ4n) is 2.25. The molecule has 0 unspecified atom stereocenters. The molecule has 0 spiro atoms. The van der Waals surface area contributed by atoms with E-state index < -0.39 is 5.97 Å². The summed E-state index contributed by atoms with van der Waals surface area (Å²) in [5.41, 5.74) is 7.57. The first kappa shape index (κ1) is 13.8. The average molecular weight is 291 g/mol. The second-order valence-electron chi connectivity index (χ2n) is 4.79. The number of carboxylic acid groups (broad SMARTS) is 1. The number of carboxylic acids is 1. The number of carbonyl (C=O) groups is 1. The van der Waals surface area contributed by atoms with Crippen molar-refractivity contribution in [2.45, 2.75) is 0 Å². The summed E-state index contributed by atoms with van der Waals surface area (Å²) in [6.07, 6.45) is 5.14. The molecule has 0 amide bonds. The van der Waals surface area contributed by atoms with Crippen molar-refractivity contribution in [1.82, 2.24) is 9.97 Å². The Hall–Kier alpha value is -3.21. The highest BCUT2D eigenvalue weighted by molar-refractivity contribution is 6.04. The maximum atomic E-state index is 11.2. The third kappa shape index (κ3) is 2.78. The summed E-state index contributed by atoms with van der Waals surface area (Å²) >= 11 is 0. The Morgan fingerprint density at radius 2 is 1.95 bits per heavy atom. The molecule has 0 saturated heterocycles. The number of nitrogen functional groups attached to an aromatic ring is 1. The molecule has 0 bridgehead atoms. The highest BCUT2D eigenvalue weighted by Gasteiger charge is 2.07. The van der Waals surface area contributed by atoms with E-state index in [4.69, 9.17) is 5.73 Å². The predicted molar refractivity (Wildman–Crippen MR) is 86.3 cm³/mol. The van der Waals surface area contributed by atoms with Crippen LogP contribution in [0.25, 0.3) is 22.9 Å². The highest BCUT2D eigenvalue weighted by Crippen LogP contribution is 2.21. The number of anilines is 1. The van der Waals surface area contributed by atoms with Gasteiger partial charge in [0.15, 0.2) is 0 Å². The molecule has 0 aliphatic heterocycles. The summed E-state index contributed by atoms with van der Waals surface area (Å²) in [4.78, 5) is 19.1. The van der Waals surface area contributed by atoms with Gasteiger partial charge in [0.05, 0.1) is 11.3 Å². The van der Waals surface area contributed by atoms with Gasteiger partial charge in [-0.3, -0.25) is 0 Å². The van der Waals surface area contributed by atoms with Gasteiger partial charge in [-0.05, 0) is 34.5 Å². The minimum Gasteiger partial charge on any atom is -0.478 e. The van der Waals surface area contributed by atoms with Crippen LogP contribution in [0.3, 0.4) is 0 Å². The van der Waals surface area contributed by atoms with Gasteiger partial charge >= 0.3 is 5.97 Å². The number of hydrogen-bond donors (Lipinski definition) is 2. The fourth-order valence-corrected chi connectivity index (χ4v) is 2.25. The van der Waals surface area contributed by atoms with Crippen LogP contribution in [0.1, 0.15) is 21.6 Å². The Kier molecular flexibility index (Phi) is 3.53. The SMILES string of the molecule is Nc1cc(/C=C/c2ccc3c(C(=O)O)cccc3c2)ncn1. The molecule has 108 valence electrons. The second-order valence-corrected chi connectivity index (χ2v) is 4.79. The number of aromatic carboxylic acids is 1. The Balaban J connectivity index is 1.97. The zero-order valence-corrected chi connectivity index (χ0v) is 11.6. The van der Waals surface area contributed by atoms with E-state index in [1.54, 1.807) is 18.2 Å². The lowest BCUT2D eigenvalue weighted by molar-refractivity contribution is 0.0699. The molecule has 0 radical (unpaired) electrons. The van der Waals surface area contributed by atoms with Crippen LogP contribution in [-0.2, 0) is 0 Å². The molecule has 0 aliphatic carbocycles. The number of aromatic nitrogens is 2. The Labute approximate surface area is 126 Å². The minimum atomic E-state index is -0.926. The van der Waals surface area contributed by atoms with Crippen molar-refractivity contribution in [3.05, 3.63) is 65.6 Å². The van der Waals surface area contributed by atoms with Crippen LogP contribution in [0.5, 0.6) is 0 Å². The van der Waals surface area contributed by atoms with Crippen LogP contribution in [0.2, 0.25) is 0 Å². The van der Waals surface area contributed by atoms with E-state index in [1.807, 2.05) is 36.4 Å². The molecule has 3 N–H and O–H groups in total. The molecular formula is C17H13N3O2. The third-order valence-electron chi connectivity index (χ3n) is 3.29. The van der Waals surface area contributed by atoms with Gasteiger partial charge in [0.2, 0.25) is 0 Å². The van der Waals surface area contributed by atoms with Gasteiger partial charge in [0, 0.05) is 6.07 Å². The lowest BCUT2D eigenvalue weighted by atomic mass is 10.0. The molecule has 5 nitrogen and oxygen atoms in total. The van der Waals surface area contributed by atoms with Gasteiger partial charge in [-0.2, -0.15) is 0 Å². The molecule has 0 saturated carbocycles. The van der Waals surface area contributed by atoms with E-state index >= 15 is 0 Å². The number of fused-ring (bicyclic) bond motifs is 1. The summed E-state index contributed by atoms with van der Waals surface area (Å²) in [7, 11) is 0. The summed E-state index contributed by atoms with van der Waals surface area (Å²) in [5.74, 6) is -0.510. The first-order chi connectivity index (χ1) is 10.6. The van der Waals surface area contributed by atoms with Crippen molar-refractivity contribution >= 4 is 34.7 Å². The predicted octanol–water partition coefficient (Wildman–Crippen LogP) is 3.08. The van der Waals surface area contributed by atoms with Gasteiger partial charge in [0.1, 0.15) is 12.1 Å². The zero-order chi connectivity index (χ0) is 15.5. The highest BCUT2D eigenvalue weighted by atomic mass is 16.4. The first-order valence-corrected chi connectivity index (χ1v) is 6.65. The average Bonchev–Trinajstić information content (AvgIpc) is 2.52. The lowest BCUT2D eigenvalue weighted by Crippen LogP contribution is -1.96. The number of hydrogen-bond acceptors (Lipinski definition) is 4. The normalized spacial score (nSPS) is 11.1. The molecule has 22 heavy (non-hydrogen) atoms. The first-order valence-electron chi connectivity index (χ1n) is 6.65. The molecule has 1 aromatic heterocycles. The lowest BCUT2D eigenvalue weighted by Gasteiger charge is -2.03. The maximum Gasteiger partial charge on any atom is 0.336 e. The van der Waals surface area contributed by atoms with Crippen molar-refractivity contribution in [1.29, 1.82) is 0 Å². The van der Waals surface area contributed by atoms with E-state index in [0.717, 1.165) is 16.3 Å². The molecule has 5 heteroatoms. The quantitative estimate of drug-likeness (QED) is 0.774. The van der Waals surface area contributed by atoms with Crippen molar-refractivity contribution in [3.8, 4) is 0 Å². The molecule has 2 aromatic carbocycles. The fraction of sp³-hybridized carbons (Fsp3) is 0. The summed E-state index contributed by atoms with van der Waals surface area (Å²) in [6.45, 7) is 0. The Morgan fingerprint density at radius 1 is 1.09 bits per heavy atom. The number of nitrogens with zero attached hydrogens (tertiary/aromatic N) is 2. The van der Waals surface area contributed by atoms with Crippen LogP contribution in [-0.4, -0.2) is 21.0 Å². The standard InChI is InChI=1S/C17H13N3O2/c18-16-9-13(19-10-20-16)6-4-11-5-7-14-12(8-11)2-1-3-15(14)17(21)22/h1-10H,(H,21,22)(H2,18,19,20)/b6-4+. The maximum absolute atomic E-state index is 11.2. The monoisotopic (exact) mass is 291 g/mol. The van der Waals surface area contributed by atoms with E-state index in [0.29, 0.717) is 17.1 Å². The van der Waals surface area contributed by atoms with Crippen LogP contribution in [0, 0.1) is 0 Å². The number of rotatable bonds is 3. The Morgan fingerprint density at radius 3 is 2.73 bits per heavy atom. The van der Waals surface area contributed by atoms with Gasteiger partial charge in [-0.25, -0.2) is 14.8 Å². The molecule has 0 aliphatic rings. The van der Waals surface area contributed by atoms with Gasteiger partial charge < -0.3 is 10.8 Å². The zero-order valence-electron chi connectivity index (χ0n) is 11.6. The smallest absolute Gasteiger partial charge is 0.336 e. The molecule has 1 heterocycles. The Bertz CT molecular complexity index is 888. The number of nitrogens with two attached hydrogens (primary N) is 1. The van der Waals surface area contributed by atoms with Crippen molar-refractivity contribution in [3.63, 3.8) is 0 Å². The largest absolute Gasteiger partial charge is 0.478 e. The van der Waals surface area contributed by atoms with E-state index in [1.165, 1.54) is 6.33 Å². The molecule has 0 fully saturated rings. The van der Waals surface area contributed by atoms with Crippen molar-refractivity contribution < 1.29 is 9.90 Å². The van der Waals surface area contributed by atoms with Crippen LogP contribution in [0.4, 0.5) is 5.82 Å². The van der Waals surface area contributed by atoms with E-state index in [9.17, 15) is 9.90 Å². The van der Waals surface area contributed by atoms with Gasteiger partial charge in [0.25, 0.3) is 0 Å². The molecule has 0 atom stereocenters. The molecule has 3 rings (SSSR count). The topological polar surface area (TPSA) is 89.1 Å². The summed E-state index contributed by atoms with van der Waals surface area (Å²) in [5, 5.41) is 10.8. The van der Waals surface area contributed by atoms with E-state index in [2.05, 4.69) is 9.97 Å². The third-order valence-corrected chi connectivity index (χ3v) is 3.29. The minimum absolute atomic E-state index is 0.302. The molecule has 3 aromatic rings. The van der Waals surface area contributed by atoms with Crippen molar-refractivity contribution in [2.75, 3.05) is 5.73 Å². The van der Waals surface area contributed by atoms with E-state index in [-0.39, 0.29) is 0 Å². The van der Waals surface area contributed by atoms with Crippen molar-refractivity contribution in [2.24, 2.45) is 0 Å². The van der Waals surface area contributed by atoms with Crippen LogP contribution in [0.15, 0.2) is 48.8 Å². The van der Waals surface area contributed by atoms with Crippen LogP contribution >= 0.6 is 0 Å². The van der Waals surface area contributed by atoms with Gasteiger partial charge in [-0.1, -0.05) is 30.3 Å². The summed E-state index contributed by atoms with van der Waals surface area (Å²) < 4.78 is 0. The molecular weight excluding hydrogens is 278 g/mol. The summed E-state index contributed by atoms with van der Waals surface area (Å²) in [6, 6.07) is 12.5. The van der Waals surface area contributed by atoms with Crippen LogP contribution < -0.4 is 5.73 Å². The number of benzene rings is 2.